The van der Waals surface area contributed by atoms with Gasteiger partial charge in [-0.1, -0.05) is 6.07 Å². The Bertz CT molecular complexity index is 558. The molecule has 2 rings (SSSR count). The van der Waals surface area contributed by atoms with Gasteiger partial charge in [0, 0.05) is 28.8 Å². The topological polar surface area (TPSA) is 38.9 Å². The van der Waals surface area contributed by atoms with Crippen LogP contribution in [0.5, 0.6) is 0 Å². The fourth-order valence-corrected chi connectivity index (χ4v) is 2.07. The van der Waals surface area contributed by atoms with Crippen molar-refractivity contribution < 1.29 is 8.78 Å². The highest BCUT2D eigenvalue weighted by molar-refractivity contribution is 9.10. The second kappa shape index (κ2) is 6.21. The zero-order valence-electron chi connectivity index (χ0n) is 10.1. The number of aromatic nitrogens is 1. The van der Waals surface area contributed by atoms with Crippen molar-refractivity contribution in [3.05, 3.63) is 63.9 Å². The summed E-state index contributed by atoms with van der Waals surface area (Å²) in [6.07, 6.45) is 2.78. The molecule has 2 nitrogen and oxygen atoms in total. The summed E-state index contributed by atoms with van der Waals surface area (Å²) in [7, 11) is 0. The lowest BCUT2D eigenvalue weighted by atomic mass is 10.0. The predicted molar refractivity (Wildman–Crippen MR) is 73.7 cm³/mol. The molecule has 1 aromatic heterocycles. The van der Waals surface area contributed by atoms with Gasteiger partial charge in [0.15, 0.2) is 11.6 Å². The number of hydrogen-bond donors (Lipinski definition) is 1. The number of halogens is 3. The van der Waals surface area contributed by atoms with E-state index >= 15 is 0 Å². The van der Waals surface area contributed by atoms with Crippen LogP contribution in [0.1, 0.15) is 11.3 Å². The molecule has 2 N–H and O–H groups in total. The third-order valence-corrected chi connectivity index (χ3v) is 3.21. The van der Waals surface area contributed by atoms with E-state index in [0.717, 1.165) is 16.2 Å². The van der Waals surface area contributed by atoms with Crippen molar-refractivity contribution in [2.24, 2.45) is 5.73 Å². The molecule has 0 aliphatic heterocycles. The maximum absolute atomic E-state index is 13.1. The van der Waals surface area contributed by atoms with Crippen LogP contribution in [-0.4, -0.2) is 11.0 Å². The lowest BCUT2D eigenvalue weighted by Gasteiger charge is -2.11. The second-order valence-electron chi connectivity index (χ2n) is 4.38. The molecule has 0 spiro atoms. The number of nitrogens with two attached hydrogens (primary N) is 1. The first-order valence-corrected chi connectivity index (χ1v) is 6.64. The first-order valence-electron chi connectivity index (χ1n) is 5.84. The Morgan fingerprint density at radius 2 is 1.89 bits per heavy atom. The van der Waals surface area contributed by atoms with Crippen LogP contribution in [0.2, 0.25) is 0 Å². The van der Waals surface area contributed by atoms with Crippen molar-refractivity contribution in [3.8, 4) is 0 Å². The zero-order valence-corrected chi connectivity index (χ0v) is 11.7. The lowest BCUT2D eigenvalue weighted by Crippen LogP contribution is -2.26. The van der Waals surface area contributed by atoms with Gasteiger partial charge in [-0.05, 0) is 52.2 Å². The molecule has 1 atom stereocenters. The van der Waals surface area contributed by atoms with E-state index in [1.54, 1.807) is 12.3 Å². The fraction of sp³-hybridized carbons (Fsp3) is 0.214. The third kappa shape index (κ3) is 4.08. The standard InChI is InChI=1S/C14H13BrF2N2/c15-10-2-3-12(19-8-10)7-11(18)5-9-1-4-13(16)14(17)6-9/h1-4,6,8,11H,5,7,18H2. The van der Waals surface area contributed by atoms with E-state index in [9.17, 15) is 8.78 Å². The summed E-state index contributed by atoms with van der Waals surface area (Å²) < 4.78 is 26.8. The molecule has 1 aromatic carbocycles. The van der Waals surface area contributed by atoms with Crippen molar-refractivity contribution >= 4 is 15.9 Å². The van der Waals surface area contributed by atoms with Crippen LogP contribution in [0.25, 0.3) is 0 Å². The molecule has 1 unspecified atom stereocenters. The Balaban J connectivity index is 1.98. The van der Waals surface area contributed by atoms with Crippen LogP contribution >= 0.6 is 15.9 Å². The average molecular weight is 327 g/mol. The summed E-state index contributed by atoms with van der Waals surface area (Å²) in [5.41, 5.74) is 7.55. The van der Waals surface area contributed by atoms with E-state index in [4.69, 9.17) is 5.73 Å². The lowest BCUT2D eigenvalue weighted by molar-refractivity contribution is 0.506. The predicted octanol–water partition coefficient (Wildman–Crippen LogP) is 3.23. The van der Waals surface area contributed by atoms with Crippen molar-refractivity contribution in [2.45, 2.75) is 18.9 Å². The van der Waals surface area contributed by atoms with E-state index in [1.165, 1.54) is 6.07 Å². The molecule has 1 heterocycles. The minimum absolute atomic E-state index is 0.182. The maximum Gasteiger partial charge on any atom is 0.159 e. The third-order valence-electron chi connectivity index (χ3n) is 2.74. The summed E-state index contributed by atoms with van der Waals surface area (Å²) in [5, 5.41) is 0. The van der Waals surface area contributed by atoms with Gasteiger partial charge >= 0.3 is 0 Å². The molecule has 0 fully saturated rings. The Kier molecular flexibility index (Phi) is 4.61. The highest BCUT2D eigenvalue weighted by atomic mass is 79.9. The van der Waals surface area contributed by atoms with E-state index < -0.39 is 11.6 Å². The number of benzene rings is 1. The van der Waals surface area contributed by atoms with Crippen molar-refractivity contribution in [1.29, 1.82) is 0 Å². The van der Waals surface area contributed by atoms with Gasteiger partial charge < -0.3 is 5.73 Å². The van der Waals surface area contributed by atoms with Gasteiger partial charge in [-0.15, -0.1) is 0 Å². The fourth-order valence-electron chi connectivity index (χ4n) is 1.84. The summed E-state index contributed by atoms with van der Waals surface area (Å²) in [4.78, 5) is 4.23. The van der Waals surface area contributed by atoms with Crippen LogP contribution in [-0.2, 0) is 12.8 Å². The van der Waals surface area contributed by atoms with Crippen LogP contribution in [0, 0.1) is 11.6 Å². The van der Waals surface area contributed by atoms with Gasteiger partial charge in [0.1, 0.15) is 0 Å². The van der Waals surface area contributed by atoms with Crippen molar-refractivity contribution in [1.82, 2.24) is 4.98 Å². The van der Waals surface area contributed by atoms with E-state index in [-0.39, 0.29) is 6.04 Å². The monoisotopic (exact) mass is 326 g/mol. The normalized spacial score (nSPS) is 12.4. The minimum atomic E-state index is -0.841. The van der Waals surface area contributed by atoms with E-state index in [1.807, 2.05) is 12.1 Å². The smallest absolute Gasteiger partial charge is 0.159 e. The molecule has 0 bridgehead atoms. The molecule has 2 aromatic rings. The number of hydrogen-bond acceptors (Lipinski definition) is 2. The van der Waals surface area contributed by atoms with Crippen LogP contribution in [0.3, 0.4) is 0 Å². The molecule has 0 amide bonds. The molecular formula is C14H13BrF2N2. The Hall–Kier alpha value is -1.33. The number of pyridine rings is 1. The summed E-state index contributed by atoms with van der Waals surface area (Å²) in [6, 6.07) is 7.45. The summed E-state index contributed by atoms with van der Waals surface area (Å²) in [6.45, 7) is 0. The summed E-state index contributed by atoms with van der Waals surface area (Å²) >= 11 is 3.31. The van der Waals surface area contributed by atoms with E-state index in [2.05, 4.69) is 20.9 Å². The van der Waals surface area contributed by atoms with Gasteiger partial charge in [-0.25, -0.2) is 8.78 Å². The molecular weight excluding hydrogens is 314 g/mol. The quantitative estimate of drug-likeness (QED) is 0.936. The molecule has 0 aliphatic carbocycles. The van der Waals surface area contributed by atoms with Crippen LogP contribution in [0.4, 0.5) is 8.78 Å². The molecule has 0 aliphatic rings. The van der Waals surface area contributed by atoms with Gasteiger partial charge in [0.25, 0.3) is 0 Å². The van der Waals surface area contributed by atoms with Crippen molar-refractivity contribution in [3.63, 3.8) is 0 Å². The van der Waals surface area contributed by atoms with Gasteiger partial charge in [0.05, 0.1) is 0 Å². The minimum Gasteiger partial charge on any atom is -0.327 e. The highest BCUT2D eigenvalue weighted by Gasteiger charge is 2.09. The molecule has 0 radical (unpaired) electrons. The Morgan fingerprint density at radius 3 is 2.53 bits per heavy atom. The number of rotatable bonds is 4. The SMILES string of the molecule is NC(Cc1ccc(F)c(F)c1)Cc1ccc(Br)cn1. The zero-order chi connectivity index (χ0) is 13.8. The molecule has 19 heavy (non-hydrogen) atoms. The van der Waals surface area contributed by atoms with Gasteiger partial charge in [0.2, 0.25) is 0 Å². The van der Waals surface area contributed by atoms with Gasteiger partial charge in [-0.2, -0.15) is 0 Å². The van der Waals surface area contributed by atoms with Gasteiger partial charge in [-0.3, -0.25) is 4.98 Å². The number of nitrogens with zero attached hydrogens (tertiary/aromatic N) is 1. The first-order chi connectivity index (χ1) is 9.04. The molecule has 5 heteroatoms. The van der Waals surface area contributed by atoms with Crippen molar-refractivity contribution in [2.75, 3.05) is 0 Å². The first kappa shape index (κ1) is 14.1. The Morgan fingerprint density at radius 1 is 1.11 bits per heavy atom. The molecule has 0 saturated heterocycles. The Labute approximate surface area is 118 Å². The average Bonchev–Trinajstić information content (AvgIpc) is 2.37. The van der Waals surface area contributed by atoms with Crippen LogP contribution < -0.4 is 5.73 Å². The highest BCUT2D eigenvalue weighted by Crippen LogP contribution is 2.12. The molecule has 100 valence electrons. The largest absolute Gasteiger partial charge is 0.327 e. The van der Waals surface area contributed by atoms with Crippen LogP contribution in [0.15, 0.2) is 41.0 Å². The summed E-state index contributed by atoms with van der Waals surface area (Å²) in [5.74, 6) is -1.68. The second-order valence-corrected chi connectivity index (χ2v) is 5.30. The molecule has 0 saturated carbocycles. The maximum atomic E-state index is 13.1. The van der Waals surface area contributed by atoms with E-state index in [0.29, 0.717) is 18.4 Å².